The predicted molar refractivity (Wildman–Crippen MR) is 81.5 cm³/mol. The fraction of sp³-hybridized carbons (Fsp3) is 0.800. The molecule has 1 heterocycles. The molecule has 0 amide bonds. The largest absolute Gasteiger partial charge is 0.306 e. The van der Waals surface area contributed by atoms with Crippen LogP contribution in [0.1, 0.15) is 50.7 Å². The molecule has 1 rings (SSSR count). The first kappa shape index (κ1) is 16.2. The van der Waals surface area contributed by atoms with Crippen LogP contribution in [0.2, 0.25) is 0 Å². The minimum absolute atomic E-state index is 0.347. The highest BCUT2D eigenvalue weighted by molar-refractivity contribution is 5.27. The van der Waals surface area contributed by atoms with Crippen molar-refractivity contribution in [3.8, 4) is 0 Å². The Hall–Kier alpha value is -0.870. The van der Waals surface area contributed by atoms with Crippen molar-refractivity contribution in [3.05, 3.63) is 17.0 Å². The first-order chi connectivity index (χ1) is 8.90. The highest BCUT2D eigenvalue weighted by Crippen LogP contribution is 2.21. The lowest BCUT2D eigenvalue weighted by Gasteiger charge is -2.26. The van der Waals surface area contributed by atoms with Crippen molar-refractivity contribution in [2.24, 2.45) is 7.05 Å². The molecular weight excluding hydrogens is 236 g/mol. The summed E-state index contributed by atoms with van der Waals surface area (Å²) in [5, 5.41) is 8.19. The highest BCUT2D eigenvalue weighted by Gasteiger charge is 2.18. The number of aryl methyl sites for hydroxylation is 2. The summed E-state index contributed by atoms with van der Waals surface area (Å²) >= 11 is 0. The van der Waals surface area contributed by atoms with Gasteiger partial charge < -0.3 is 10.2 Å². The van der Waals surface area contributed by atoms with E-state index in [4.69, 9.17) is 0 Å². The zero-order valence-corrected chi connectivity index (χ0v) is 13.6. The molecule has 0 spiro atoms. The number of rotatable bonds is 7. The lowest BCUT2D eigenvalue weighted by Crippen LogP contribution is -2.40. The normalized spacial score (nSPS) is 14.9. The molecule has 1 aromatic heterocycles. The molecule has 4 nitrogen and oxygen atoms in total. The summed E-state index contributed by atoms with van der Waals surface area (Å²) in [7, 11) is 2.01. The second-order valence-corrected chi connectivity index (χ2v) is 5.48. The lowest BCUT2D eigenvalue weighted by atomic mass is 10.1. The minimum atomic E-state index is 0.347. The average molecular weight is 266 g/mol. The Morgan fingerprint density at radius 2 is 1.79 bits per heavy atom. The van der Waals surface area contributed by atoms with Gasteiger partial charge in [0.15, 0.2) is 0 Å². The van der Waals surface area contributed by atoms with Crippen LogP contribution in [0.3, 0.4) is 0 Å². The van der Waals surface area contributed by atoms with Gasteiger partial charge in [-0.2, -0.15) is 5.10 Å². The molecule has 0 bridgehead atoms. The van der Waals surface area contributed by atoms with E-state index in [9.17, 15) is 0 Å². The molecule has 2 unspecified atom stereocenters. The number of likely N-dealkylation sites (N-methyl/N-ethyl adjacent to an activating group) is 1. The molecule has 0 aliphatic carbocycles. The van der Waals surface area contributed by atoms with E-state index in [2.05, 4.69) is 56.9 Å². The molecule has 19 heavy (non-hydrogen) atoms. The van der Waals surface area contributed by atoms with E-state index in [0.29, 0.717) is 12.1 Å². The van der Waals surface area contributed by atoms with Crippen molar-refractivity contribution in [3.63, 3.8) is 0 Å². The molecule has 1 N–H and O–H groups in total. The quantitative estimate of drug-likeness (QED) is 0.823. The number of hydrogen-bond donors (Lipinski definition) is 1. The number of nitrogens with one attached hydrogen (secondary N) is 1. The molecule has 1 aromatic rings. The van der Waals surface area contributed by atoms with Gasteiger partial charge in [-0.1, -0.05) is 13.8 Å². The molecule has 0 aliphatic heterocycles. The van der Waals surface area contributed by atoms with Crippen LogP contribution in [0, 0.1) is 13.8 Å². The molecule has 0 aromatic carbocycles. The van der Waals surface area contributed by atoms with E-state index < -0.39 is 0 Å². The predicted octanol–water partition coefficient (Wildman–Crippen LogP) is 2.42. The Labute approximate surface area is 118 Å². The summed E-state index contributed by atoms with van der Waals surface area (Å²) in [6, 6.07) is 0.827. The van der Waals surface area contributed by atoms with Crippen LogP contribution in [0.5, 0.6) is 0 Å². The fourth-order valence-electron chi connectivity index (χ4n) is 2.85. The van der Waals surface area contributed by atoms with Crippen molar-refractivity contribution >= 4 is 0 Å². The van der Waals surface area contributed by atoms with E-state index in [-0.39, 0.29) is 0 Å². The van der Waals surface area contributed by atoms with Crippen LogP contribution < -0.4 is 5.32 Å². The van der Waals surface area contributed by atoms with Crippen LogP contribution in [0.15, 0.2) is 0 Å². The molecule has 0 fully saturated rings. The van der Waals surface area contributed by atoms with Crippen molar-refractivity contribution in [2.75, 3.05) is 19.6 Å². The Bertz CT molecular complexity index is 393. The monoisotopic (exact) mass is 266 g/mol. The number of nitrogens with zero attached hydrogens (tertiary/aromatic N) is 3. The Kier molecular flexibility index (Phi) is 6.01. The zero-order chi connectivity index (χ0) is 14.6. The molecule has 0 saturated carbocycles. The van der Waals surface area contributed by atoms with Crippen LogP contribution in [0.25, 0.3) is 0 Å². The van der Waals surface area contributed by atoms with Gasteiger partial charge >= 0.3 is 0 Å². The molecule has 4 heteroatoms. The van der Waals surface area contributed by atoms with Crippen LogP contribution in [-0.2, 0) is 7.05 Å². The zero-order valence-electron chi connectivity index (χ0n) is 13.6. The number of hydrogen-bond acceptors (Lipinski definition) is 3. The highest BCUT2D eigenvalue weighted by atomic mass is 15.3. The van der Waals surface area contributed by atoms with E-state index >= 15 is 0 Å². The topological polar surface area (TPSA) is 33.1 Å². The first-order valence-electron chi connectivity index (χ1n) is 7.39. The third-order valence-electron chi connectivity index (χ3n) is 3.96. The second-order valence-electron chi connectivity index (χ2n) is 5.48. The molecular formula is C15H30N4. The molecule has 2 atom stereocenters. The van der Waals surface area contributed by atoms with Gasteiger partial charge in [-0.25, -0.2) is 0 Å². The SMILES string of the molecule is CCN(CC)CC(C)NC(C)c1c(C)nn(C)c1C. The van der Waals surface area contributed by atoms with E-state index in [0.717, 1.165) is 25.3 Å². The van der Waals surface area contributed by atoms with Gasteiger partial charge in [-0.05, 0) is 40.8 Å². The van der Waals surface area contributed by atoms with Crippen molar-refractivity contribution in [1.29, 1.82) is 0 Å². The van der Waals surface area contributed by atoms with Crippen LogP contribution in [-0.4, -0.2) is 40.4 Å². The smallest absolute Gasteiger partial charge is 0.0644 e. The average Bonchev–Trinajstić information content (AvgIpc) is 2.60. The summed E-state index contributed by atoms with van der Waals surface area (Å²) in [6.45, 7) is 16.5. The third-order valence-corrected chi connectivity index (χ3v) is 3.96. The Morgan fingerprint density at radius 1 is 1.21 bits per heavy atom. The van der Waals surface area contributed by atoms with E-state index in [1.54, 1.807) is 0 Å². The maximum atomic E-state index is 4.50. The van der Waals surface area contributed by atoms with Gasteiger partial charge in [0.25, 0.3) is 0 Å². The van der Waals surface area contributed by atoms with Gasteiger partial charge in [0.05, 0.1) is 5.69 Å². The van der Waals surface area contributed by atoms with Crippen LogP contribution in [0.4, 0.5) is 0 Å². The summed E-state index contributed by atoms with van der Waals surface area (Å²) in [6.07, 6.45) is 0. The molecule has 0 saturated heterocycles. The van der Waals surface area contributed by atoms with Crippen molar-refractivity contribution in [2.45, 2.75) is 53.6 Å². The maximum Gasteiger partial charge on any atom is 0.0644 e. The second kappa shape index (κ2) is 7.06. The minimum Gasteiger partial charge on any atom is -0.306 e. The van der Waals surface area contributed by atoms with Crippen LogP contribution >= 0.6 is 0 Å². The Morgan fingerprint density at radius 3 is 2.21 bits per heavy atom. The lowest BCUT2D eigenvalue weighted by molar-refractivity contribution is 0.263. The maximum absolute atomic E-state index is 4.50. The van der Waals surface area contributed by atoms with E-state index in [1.807, 2.05) is 11.7 Å². The standard InChI is InChI=1S/C15H30N4/c1-8-19(9-2)10-11(3)16-12(4)15-13(5)17-18(7)14(15)6/h11-12,16H,8-10H2,1-7H3. The summed E-state index contributed by atoms with van der Waals surface area (Å²) in [5.74, 6) is 0. The van der Waals surface area contributed by atoms with Gasteiger partial charge in [-0.3, -0.25) is 4.68 Å². The van der Waals surface area contributed by atoms with Crippen molar-refractivity contribution < 1.29 is 0 Å². The molecule has 0 radical (unpaired) electrons. The van der Waals surface area contributed by atoms with E-state index in [1.165, 1.54) is 11.3 Å². The van der Waals surface area contributed by atoms with Gasteiger partial charge in [0.2, 0.25) is 0 Å². The van der Waals surface area contributed by atoms with Gasteiger partial charge in [0.1, 0.15) is 0 Å². The molecule has 110 valence electrons. The number of aromatic nitrogens is 2. The van der Waals surface area contributed by atoms with Gasteiger partial charge in [-0.15, -0.1) is 0 Å². The van der Waals surface area contributed by atoms with Gasteiger partial charge in [0, 0.05) is 36.9 Å². The molecule has 0 aliphatic rings. The summed E-state index contributed by atoms with van der Waals surface area (Å²) in [4.78, 5) is 2.45. The first-order valence-corrected chi connectivity index (χ1v) is 7.39. The third kappa shape index (κ3) is 4.05. The van der Waals surface area contributed by atoms with Crippen molar-refractivity contribution in [1.82, 2.24) is 20.0 Å². The summed E-state index contributed by atoms with van der Waals surface area (Å²) < 4.78 is 1.97. The fourth-order valence-corrected chi connectivity index (χ4v) is 2.85. The summed E-state index contributed by atoms with van der Waals surface area (Å²) in [5.41, 5.74) is 3.73. The Balaban J connectivity index is 2.66.